The highest BCUT2D eigenvalue weighted by Gasteiger charge is 2.26. The van der Waals surface area contributed by atoms with E-state index in [2.05, 4.69) is 17.0 Å². The molecule has 6 nitrogen and oxygen atoms in total. The fourth-order valence-electron chi connectivity index (χ4n) is 3.19. The number of benzene rings is 2. The van der Waals surface area contributed by atoms with Crippen LogP contribution in [0.15, 0.2) is 48.5 Å². The van der Waals surface area contributed by atoms with Crippen molar-refractivity contribution >= 4 is 5.91 Å². The van der Waals surface area contributed by atoms with E-state index in [1.165, 1.54) is 0 Å². The number of rotatable bonds is 5. The van der Waals surface area contributed by atoms with Crippen molar-refractivity contribution in [2.45, 2.75) is 19.6 Å². The monoisotopic (exact) mass is 374 g/mol. The second-order valence-corrected chi connectivity index (χ2v) is 6.81. The predicted octanol–water partition coefficient (Wildman–Crippen LogP) is 2.54. The molecule has 1 amide bonds. The molecule has 142 valence electrons. The Balaban J connectivity index is 1.48. The highest BCUT2D eigenvalue weighted by Crippen LogP contribution is 2.16. The third-order valence-corrected chi connectivity index (χ3v) is 4.82. The molecule has 0 saturated carbocycles. The molecule has 1 fully saturated rings. The average molecular weight is 374 g/mol. The molecule has 0 spiro atoms. The van der Waals surface area contributed by atoms with Gasteiger partial charge in [-0.3, -0.25) is 9.69 Å². The number of piperazine rings is 1. The molecule has 0 N–H and O–H groups in total. The standard InChI is InChI=1S/C22H22N4O2/c1-17(28-21-8-6-19(15-24)7-9-21)22(27)26-12-10-25(11-13-26)16-20-4-2-18(14-23)3-5-20/h2-9,17H,10-13,16H2,1H3/t17-/m1/s1. The minimum atomic E-state index is -0.571. The van der Waals surface area contributed by atoms with Crippen molar-refractivity contribution in [1.29, 1.82) is 10.5 Å². The third-order valence-electron chi connectivity index (χ3n) is 4.82. The summed E-state index contributed by atoms with van der Waals surface area (Å²) in [5.74, 6) is 0.557. The Hall–Kier alpha value is -3.35. The van der Waals surface area contributed by atoms with Gasteiger partial charge in [-0.05, 0) is 48.9 Å². The highest BCUT2D eigenvalue weighted by atomic mass is 16.5. The SMILES string of the molecule is C[C@@H](Oc1ccc(C#N)cc1)C(=O)N1CCN(Cc2ccc(C#N)cc2)CC1. The number of nitriles is 2. The van der Waals surface area contributed by atoms with Gasteiger partial charge in [0.1, 0.15) is 5.75 Å². The molecule has 1 aliphatic heterocycles. The zero-order valence-corrected chi connectivity index (χ0v) is 15.8. The Kier molecular flexibility index (Phi) is 6.26. The van der Waals surface area contributed by atoms with Gasteiger partial charge in [0, 0.05) is 32.7 Å². The van der Waals surface area contributed by atoms with Gasteiger partial charge < -0.3 is 9.64 Å². The lowest BCUT2D eigenvalue weighted by Gasteiger charge is -2.35. The van der Waals surface area contributed by atoms with Crippen molar-refractivity contribution in [2.24, 2.45) is 0 Å². The fourth-order valence-corrected chi connectivity index (χ4v) is 3.19. The van der Waals surface area contributed by atoms with Crippen molar-refractivity contribution in [3.8, 4) is 17.9 Å². The normalized spacial score (nSPS) is 15.3. The third kappa shape index (κ3) is 4.88. The molecule has 0 aromatic heterocycles. The van der Waals surface area contributed by atoms with Gasteiger partial charge >= 0.3 is 0 Å². The Morgan fingerprint density at radius 1 is 0.964 bits per heavy atom. The van der Waals surface area contributed by atoms with Crippen LogP contribution < -0.4 is 4.74 Å². The quantitative estimate of drug-likeness (QED) is 0.803. The number of ether oxygens (including phenoxy) is 1. The lowest BCUT2D eigenvalue weighted by Crippen LogP contribution is -2.51. The first-order valence-electron chi connectivity index (χ1n) is 9.26. The van der Waals surface area contributed by atoms with E-state index in [4.69, 9.17) is 15.3 Å². The summed E-state index contributed by atoms with van der Waals surface area (Å²) >= 11 is 0. The van der Waals surface area contributed by atoms with Crippen LogP contribution in [-0.2, 0) is 11.3 Å². The fraction of sp³-hybridized carbons (Fsp3) is 0.318. The molecule has 0 bridgehead atoms. The minimum absolute atomic E-state index is 0.0256. The van der Waals surface area contributed by atoms with E-state index in [-0.39, 0.29) is 5.91 Å². The maximum absolute atomic E-state index is 12.7. The van der Waals surface area contributed by atoms with Crippen LogP contribution in [0, 0.1) is 22.7 Å². The van der Waals surface area contributed by atoms with Crippen LogP contribution in [-0.4, -0.2) is 48.0 Å². The van der Waals surface area contributed by atoms with Gasteiger partial charge in [-0.15, -0.1) is 0 Å². The van der Waals surface area contributed by atoms with Crippen LogP contribution >= 0.6 is 0 Å². The van der Waals surface area contributed by atoms with E-state index in [1.54, 1.807) is 31.2 Å². The van der Waals surface area contributed by atoms with Gasteiger partial charge in [-0.25, -0.2) is 0 Å². The molecule has 3 rings (SSSR count). The number of carbonyl (C=O) groups is 1. The second kappa shape index (κ2) is 9.03. The first-order valence-corrected chi connectivity index (χ1v) is 9.26. The molecule has 2 aromatic rings. The average Bonchev–Trinajstić information content (AvgIpc) is 2.75. The van der Waals surface area contributed by atoms with Crippen molar-refractivity contribution in [2.75, 3.05) is 26.2 Å². The Labute approximate surface area is 165 Å². The molecule has 2 aromatic carbocycles. The van der Waals surface area contributed by atoms with Crippen LogP contribution in [0.5, 0.6) is 5.75 Å². The number of hydrogen-bond donors (Lipinski definition) is 0. The maximum atomic E-state index is 12.7. The van der Waals surface area contributed by atoms with Gasteiger partial charge in [0.05, 0.1) is 23.3 Å². The van der Waals surface area contributed by atoms with Crippen LogP contribution in [0.4, 0.5) is 0 Å². The lowest BCUT2D eigenvalue weighted by atomic mass is 10.1. The molecular weight excluding hydrogens is 352 g/mol. The summed E-state index contributed by atoms with van der Waals surface area (Å²) in [6.07, 6.45) is -0.571. The Morgan fingerprint density at radius 3 is 2.04 bits per heavy atom. The molecule has 1 aliphatic rings. The topological polar surface area (TPSA) is 80.4 Å². The summed E-state index contributed by atoms with van der Waals surface area (Å²) in [7, 11) is 0. The molecule has 0 aliphatic carbocycles. The maximum Gasteiger partial charge on any atom is 0.263 e. The summed E-state index contributed by atoms with van der Waals surface area (Å²) in [5, 5.41) is 17.7. The Bertz CT molecular complexity index is 886. The van der Waals surface area contributed by atoms with Crippen LogP contribution in [0.25, 0.3) is 0 Å². The van der Waals surface area contributed by atoms with Crippen LogP contribution in [0.2, 0.25) is 0 Å². The lowest BCUT2D eigenvalue weighted by molar-refractivity contribution is -0.139. The highest BCUT2D eigenvalue weighted by molar-refractivity contribution is 5.81. The van der Waals surface area contributed by atoms with E-state index in [9.17, 15) is 4.79 Å². The van der Waals surface area contributed by atoms with E-state index < -0.39 is 6.10 Å². The molecule has 1 heterocycles. The molecule has 0 radical (unpaired) electrons. The van der Waals surface area contributed by atoms with Crippen LogP contribution in [0.3, 0.4) is 0 Å². The van der Waals surface area contributed by atoms with E-state index in [0.29, 0.717) is 30.0 Å². The summed E-state index contributed by atoms with van der Waals surface area (Å²) in [4.78, 5) is 16.8. The first kappa shape index (κ1) is 19.4. The van der Waals surface area contributed by atoms with E-state index >= 15 is 0 Å². The van der Waals surface area contributed by atoms with Gasteiger partial charge in [0.25, 0.3) is 5.91 Å². The van der Waals surface area contributed by atoms with Crippen molar-refractivity contribution in [3.05, 3.63) is 65.2 Å². The van der Waals surface area contributed by atoms with Gasteiger partial charge in [-0.1, -0.05) is 12.1 Å². The first-order chi connectivity index (χ1) is 13.6. The Morgan fingerprint density at radius 2 is 1.50 bits per heavy atom. The predicted molar refractivity (Wildman–Crippen MR) is 104 cm³/mol. The number of amides is 1. The molecule has 0 unspecified atom stereocenters. The van der Waals surface area contributed by atoms with Gasteiger partial charge in [0.2, 0.25) is 0 Å². The van der Waals surface area contributed by atoms with Crippen molar-refractivity contribution in [3.63, 3.8) is 0 Å². The largest absolute Gasteiger partial charge is 0.481 e. The molecule has 28 heavy (non-hydrogen) atoms. The molecule has 6 heteroatoms. The number of hydrogen-bond acceptors (Lipinski definition) is 5. The zero-order chi connectivity index (χ0) is 19.9. The smallest absolute Gasteiger partial charge is 0.263 e. The summed E-state index contributed by atoms with van der Waals surface area (Å²) in [6.45, 7) is 5.49. The second-order valence-electron chi connectivity index (χ2n) is 6.81. The summed E-state index contributed by atoms with van der Waals surface area (Å²) in [5.41, 5.74) is 2.39. The van der Waals surface area contributed by atoms with Crippen molar-refractivity contribution in [1.82, 2.24) is 9.80 Å². The van der Waals surface area contributed by atoms with Gasteiger partial charge in [-0.2, -0.15) is 10.5 Å². The van der Waals surface area contributed by atoms with Gasteiger partial charge in [0.15, 0.2) is 6.10 Å². The molecular formula is C22H22N4O2. The zero-order valence-electron chi connectivity index (χ0n) is 15.8. The van der Waals surface area contributed by atoms with Crippen LogP contribution in [0.1, 0.15) is 23.6 Å². The number of carbonyl (C=O) groups excluding carboxylic acids is 1. The summed E-state index contributed by atoms with van der Waals surface area (Å²) < 4.78 is 5.73. The van der Waals surface area contributed by atoms with Crippen molar-refractivity contribution < 1.29 is 9.53 Å². The number of nitrogens with zero attached hydrogens (tertiary/aromatic N) is 4. The van der Waals surface area contributed by atoms with E-state index in [0.717, 1.165) is 25.2 Å². The molecule has 1 atom stereocenters. The summed E-state index contributed by atoms with van der Waals surface area (Å²) in [6, 6.07) is 18.6. The van der Waals surface area contributed by atoms with E-state index in [1.807, 2.05) is 29.2 Å². The molecule has 1 saturated heterocycles. The minimum Gasteiger partial charge on any atom is -0.481 e.